The van der Waals surface area contributed by atoms with Crippen molar-refractivity contribution >= 4 is 17.3 Å². The fraction of sp³-hybridized carbons (Fsp3) is 0.217. The molecule has 0 bridgehead atoms. The number of aryl methyl sites for hydroxylation is 2. The largest absolute Gasteiger partial charge is 0.496 e. The van der Waals surface area contributed by atoms with Crippen LogP contribution >= 0.6 is 0 Å². The number of hydrogen-bond donors (Lipinski definition) is 2. The average molecular weight is 375 g/mol. The highest BCUT2D eigenvalue weighted by atomic mass is 16.5. The molecule has 0 atom stereocenters. The van der Waals surface area contributed by atoms with Gasteiger partial charge in [-0.15, -0.1) is 0 Å². The third-order valence-electron chi connectivity index (χ3n) is 4.38. The number of amides is 1. The minimum Gasteiger partial charge on any atom is -0.496 e. The van der Waals surface area contributed by atoms with Crippen LogP contribution in [-0.2, 0) is 6.42 Å². The number of para-hydroxylation sites is 1. The summed E-state index contributed by atoms with van der Waals surface area (Å²) in [5.41, 5.74) is 5.63. The Morgan fingerprint density at radius 2 is 1.75 bits per heavy atom. The lowest BCUT2D eigenvalue weighted by molar-refractivity contribution is 0.0949. The van der Waals surface area contributed by atoms with Crippen LogP contribution in [0.5, 0.6) is 5.75 Å². The Morgan fingerprint density at radius 3 is 2.50 bits per heavy atom. The maximum absolute atomic E-state index is 12.5. The Balaban J connectivity index is 1.62. The van der Waals surface area contributed by atoms with E-state index in [9.17, 15) is 4.79 Å². The highest BCUT2D eigenvalue weighted by Crippen LogP contribution is 2.20. The van der Waals surface area contributed by atoms with Crippen LogP contribution in [0.25, 0.3) is 0 Å². The third-order valence-corrected chi connectivity index (χ3v) is 4.38. The number of hydrogen-bond acceptors (Lipinski definition) is 4. The number of methoxy groups -OCH3 is 1. The van der Waals surface area contributed by atoms with Crippen molar-refractivity contribution in [2.75, 3.05) is 19.0 Å². The molecule has 5 heteroatoms. The molecular weight excluding hydrogens is 350 g/mol. The van der Waals surface area contributed by atoms with Crippen LogP contribution in [0.3, 0.4) is 0 Å². The number of nitrogens with zero attached hydrogens (tertiary/aromatic N) is 1. The number of carbonyl (C=O) groups is 1. The van der Waals surface area contributed by atoms with E-state index in [-0.39, 0.29) is 5.91 Å². The average Bonchev–Trinajstić information content (AvgIpc) is 2.67. The zero-order valence-electron chi connectivity index (χ0n) is 16.5. The topological polar surface area (TPSA) is 63.2 Å². The second-order valence-corrected chi connectivity index (χ2v) is 6.75. The van der Waals surface area contributed by atoms with Crippen LogP contribution in [0.15, 0.2) is 60.8 Å². The van der Waals surface area contributed by atoms with Crippen molar-refractivity contribution in [3.05, 3.63) is 83.2 Å². The van der Waals surface area contributed by atoms with Crippen LogP contribution in [-0.4, -0.2) is 24.5 Å². The molecule has 0 aliphatic rings. The van der Waals surface area contributed by atoms with Gasteiger partial charge in [0.15, 0.2) is 0 Å². The van der Waals surface area contributed by atoms with Crippen molar-refractivity contribution in [3.63, 3.8) is 0 Å². The summed E-state index contributed by atoms with van der Waals surface area (Å²) in [5.74, 6) is 0.633. The number of nitrogens with one attached hydrogen (secondary N) is 2. The molecule has 1 aromatic heterocycles. The van der Waals surface area contributed by atoms with Crippen molar-refractivity contribution in [3.8, 4) is 5.75 Å². The smallest absolute Gasteiger partial charge is 0.269 e. The van der Waals surface area contributed by atoms with Crippen LogP contribution in [0.1, 0.15) is 27.2 Å². The first-order chi connectivity index (χ1) is 13.5. The van der Waals surface area contributed by atoms with Gasteiger partial charge in [-0.05, 0) is 67.3 Å². The molecular formula is C23H25N3O2. The Hall–Kier alpha value is -3.34. The molecule has 1 amide bonds. The van der Waals surface area contributed by atoms with Gasteiger partial charge in [-0.2, -0.15) is 0 Å². The van der Waals surface area contributed by atoms with Gasteiger partial charge in [0.1, 0.15) is 11.4 Å². The van der Waals surface area contributed by atoms with Gasteiger partial charge in [0.25, 0.3) is 5.91 Å². The summed E-state index contributed by atoms with van der Waals surface area (Å²) in [4.78, 5) is 16.7. The van der Waals surface area contributed by atoms with Crippen molar-refractivity contribution < 1.29 is 9.53 Å². The number of aromatic nitrogens is 1. The number of benzene rings is 2. The maximum atomic E-state index is 12.5. The lowest BCUT2D eigenvalue weighted by Gasteiger charge is -2.11. The fourth-order valence-corrected chi connectivity index (χ4v) is 3.16. The first-order valence-electron chi connectivity index (χ1n) is 9.26. The standard InChI is InChI=1S/C23H25N3O2/c1-16-12-17(2)14-20(13-16)26-19-9-11-24-21(15-19)23(27)25-10-8-18-6-4-5-7-22(18)28-3/h4-7,9,11-15H,8,10H2,1-3H3,(H,24,26)(H,25,27). The zero-order valence-corrected chi connectivity index (χ0v) is 16.5. The van der Waals surface area contributed by atoms with Crippen LogP contribution in [0, 0.1) is 13.8 Å². The number of rotatable bonds is 7. The summed E-state index contributed by atoms with van der Waals surface area (Å²) < 4.78 is 5.34. The van der Waals surface area contributed by atoms with Crippen molar-refractivity contribution in [1.82, 2.24) is 10.3 Å². The predicted molar refractivity (Wildman–Crippen MR) is 112 cm³/mol. The molecule has 0 saturated heterocycles. The third kappa shape index (κ3) is 5.10. The Kier molecular flexibility index (Phi) is 6.27. The van der Waals surface area contributed by atoms with E-state index in [1.54, 1.807) is 19.4 Å². The SMILES string of the molecule is COc1ccccc1CCNC(=O)c1cc(Nc2cc(C)cc(C)c2)ccn1. The molecule has 28 heavy (non-hydrogen) atoms. The van der Waals surface area contributed by atoms with Gasteiger partial charge >= 0.3 is 0 Å². The molecule has 0 aliphatic heterocycles. The highest BCUT2D eigenvalue weighted by Gasteiger charge is 2.09. The number of ether oxygens (including phenoxy) is 1. The summed E-state index contributed by atoms with van der Waals surface area (Å²) >= 11 is 0. The zero-order chi connectivity index (χ0) is 19.9. The summed E-state index contributed by atoms with van der Waals surface area (Å²) in [6.07, 6.45) is 2.33. The van der Waals surface area contributed by atoms with E-state index in [2.05, 4.69) is 47.7 Å². The Bertz CT molecular complexity index is 949. The van der Waals surface area contributed by atoms with E-state index in [0.717, 1.165) is 22.7 Å². The van der Waals surface area contributed by atoms with Crippen LogP contribution in [0.2, 0.25) is 0 Å². The minimum atomic E-state index is -0.195. The van der Waals surface area contributed by atoms with Crippen LogP contribution < -0.4 is 15.4 Å². The summed E-state index contributed by atoms with van der Waals surface area (Å²) in [6, 6.07) is 17.7. The van der Waals surface area contributed by atoms with E-state index in [1.165, 1.54) is 11.1 Å². The molecule has 0 unspecified atom stereocenters. The molecule has 5 nitrogen and oxygen atoms in total. The minimum absolute atomic E-state index is 0.195. The summed E-state index contributed by atoms with van der Waals surface area (Å²) in [7, 11) is 1.65. The van der Waals surface area contributed by atoms with Gasteiger partial charge in [-0.1, -0.05) is 24.3 Å². The lowest BCUT2D eigenvalue weighted by atomic mass is 10.1. The lowest BCUT2D eigenvalue weighted by Crippen LogP contribution is -2.26. The van der Waals surface area contributed by atoms with Crippen LogP contribution in [0.4, 0.5) is 11.4 Å². The molecule has 0 spiro atoms. The molecule has 0 radical (unpaired) electrons. The van der Waals surface area contributed by atoms with E-state index in [1.807, 2.05) is 30.3 Å². The van der Waals surface area contributed by atoms with Gasteiger partial charge in [0.05, 0.1) is 7.11 Å². The first-order valence-corrected chi connectivity index (χ1v) is 9.26. The Morgan fingerprint density at radius 1 is 1.00 bits per heavy atom. The second kappa shape index (κ2) is 9.04. The quantitative estimate of drug-likeness (QED) is 0.641. The van der Waals surface area contributed by atoms with E-state index < -0.39 is 0 Å². The molecule has 3 aromatic rings. The van der Waals surface area contributed by atoms with Crippen molar-refractivity contribution in [1.29, 1.82) is 0 Å². The molecule has 2 N–H and O–H groups in total. The van der Waals surface area contributed by atoms with Gasteiger partial charge in [-0.3, -0.25) is 9.78 Å². The summed E-state index contributed by atoms with van der Waals surface area (Å²) in [5, 5.41) is 6.26. The number of pyridine rings is 1. The monoisotopic (exact) mass is 375 g/mol. The molecule has 2 aromatic carbocycles. The van der Waals surface area contributed by atoms with E-state index >= 15 is 0 Å². The van der Waals surface area contributed by atoms with E-state index in [4.69, 9.17) is 4.74 Å². The fourth-order valence-electron chi connectivity index (χ4n) is 3.16. The highest BCUT2D eigenvalue weighted by molar-refractivity contribution is 5.93. The van der Waals surface area contributed by atoms with Gasteiger partial charge in [0.2, 0.25) is 0 Å². The number of carbonyl (C=O) groups excluding carboxylic acids is 1. The van der Waals surface area contributed by atoms with Crippen molar-refractivity contribution in [2.45, 2.75) is 20.3 Å². The molecule has 0 fully saturated rings. The molecule has 144 valence electrons. The van der Waals surface area contributed by atoms with Crippen molar-refractivity contribution in [2.24, 2.45) is 0 Å². The molecule has 0 aliphatic carbocycles. The number of anilines is 2. The first kappa shape index (κ1) is 19.4. The molecule has 1 heterocycles. The molecule has 0 saturated carbocycles. The van der Waals surface area contributed by atoms with Gasteiger partial charge < -0.3 is 15.4 Å². The van der Waals surface area contributed by atoms with Gasteiger partial charge in [0, 0.05) is 24.1 Å². The van der Waals surface area contributed by atoms with Gasteiger partial charge in [-0.25, -0.2) is 0 Å². The summed E-state index contributed by atoms with van der Waals surface area (Å²) in [6.45, 7) is 4.63. The second-order valence-electron chi connectivity index (χ2n) is 6.75. The Labute approximate surface area is 165 Å². The normalized spacial score (nSPS) is 10.4. The molecule has 3 rings (SSSR count). The maximum Gasteiger partial charge on any atom is 0.269 e. The van der Waals surface area contributed by atoms with E-state index in [0.29, 0.717) is 18.7 Å². The predicted octanol–water partition coefficient (Wildman–Crippen LogP) is 4.42.